The summed E-state index contributed by atoms with van der Waals surface area (Å²) in [6.45, 7) is 4.57. The molecule has 144 valence electrons. The molecule has 2 aromatic heterocycles. The third kappa shape index (κ3) is 3.76. The maximum Gasteiger partial charge on any atom is 0.289 e. The molecule has 8 heteroatoms. The summed E-state index contributed by atoms with van der Waals surface area (Å²) in [5, 5.41) is 0. The summed E-state index contributed by atoms with van der Waals surface area (Å²) in [7, 11) is 0. The summed E-state index contributed by atoms with van der Waals surface area (Å²) < 4.78 is 11.0. The Hall–Kier alpha value is -2.22. The van der Waals surface area contributed by atoms with Crippen molar-refractivity contribution in [3.8, 4) is 0 Å². The molecule has 2 amide bonds. The van der Waals surface area contributed by atoms with Gasteiger partial charge in [-0.15, -0.1) is 0 Å². The molecule has 2 saturated heterocycles. The van der Waals surface area contributed by atoms with E-state index in [1.54, 1.807) is 24.0 Å². The summed E-state index contributed by atoms with van der Waals surface area (Å²) in [6.07, 6.45) is 3.04. The lowest BCUT2D eigenvalue weighted by Crippen LogP contribution is -2.38. The SMILES string of the molecule is Cc1oc(C2CCN(C(=O)c3ccco3)CC2)nc1C(=O)N1CCSCC1. The van der Waals surface area contributed by atoms with Gasteiger partial charge in [-0.1, -0.05) is 0 Å². The number of oxazole rings is 1. The molecule has 0 bridgehead atoms. The molecule has 0 spiro atoms. The number of rotatable bonds is 3. The molecule has 0 atom stereocenters. The van der Waals surface area contributed by atoms with Crippen LogP contribution in [-0.2, 0) is 0 Å². The Morgan fingerprint density at radius 2 is 1.81 bits per heavy atom. The lowest BCUT2D eigenvalue weighted by atomic mass is 9.96. The van der Waals surface area contributed by atoms with E-state index < -0.39 is 0 Å². The van der Waals surface area contributed by atoms with Crippen molar-refractivity contribution in [2.45, 2.75) is 25.7 Å². The standard InChI is InChI=1S/C19H23N3O4S/c1-13-16(19(24)22-8-11-27-12-9-22)20-17(26-13)14-4-6-21(7-5-14)18(23)15-3-2-10-25-15/h2-3,10,14H,4-9,11-12H2,1H3. The Morgan fingerprint density at radius 3 is 2.48 bits per heavy atom. The zero-order valence-corrected chi connectivity index (χ0v) is 16.2. The fourth-order valence-corrected chi connectivity index (χ4v) is 4.49. The van der Waals surface area contributed by atoms with Gasteiger partial charge in [0, 0.05) is 43.6 Å². The molecule has 27 heavy (non-hydrogen) atoms. The van der Waals surface area contributed by atoms with Gasteiger partial charge in [0.2, 0.25) is 0 Å². The zero-order chi connectivity index (χ0) is 18.8. The van der Waals surface area contributed by atoms with Crippen molar-refractivity contribution in [1.29, 1.82) is 0 Å². The minimum Gasteiger partial charge on any atom is -0.459 e. The zero-order valence-electron chi connectivity index (χ0n) is 15.3. The molecular formula is C19H23N3O4S. The molecule has 2 aromatic rings. The molecule has 0 aliphatic carbocycles. The van der Waals surface area contributed by atoms with E-state index in [2.05, 4.69) is 4.98 Å². The monoisotopic (exact) mass is 389 g/mol. The number of carbonyl (C=O) groups is 2. The summed E-state index contributed by atoms with van der Waals surface area (Å²) in [4.78, 5) is 33.3. The van der Waals surface area contributed by atoms with E-state index in [-0.39, 0.29) is 17.7 Å². The number of aryl methyl sites for hydroxylation is 1. The number of hydrogen-bond donors (Lipinski definition) is 0. The van der Waals surface area contributed by atoms with E-state index in [1.807, 2.05) is 16.7 Å². The molecule has 2 aliphatic rings. The van der Waals surface area contributed by atoms with Crippen molar-refractivity contribution in [3.63, 3.8) is 0 Å². The number of nitrogens with zero attached hydrogens (tertiary/aromatic N) is 3. The van der Waals surface area contributed by atoms with Gasteiger partial charge in [0.05, 0.1) is 6.26 Å². The van der Waals surface area contributed by atoms with Crippen molar-refractivity contribution in [2.24, 2.45) is 0 Å². The number of carbonyl (C=O) groups excluding carboxylic acids is 2. The third-order valence-electron chi connectivity index (χ3n) is 5.18. The van der Waals surface area contributed by atoms with Crippen LogP contribution < -0.4 is 0 Å². The van der Waals surface area contributed by atoms with Crippen LogP contribution in [0.3, 0.4) is 0 Å². The minimum absolute atomic E-state index is 0.0340. The van der Waals surface area contributed by atoms with Gasteiger partial charge in [-0.05, 0) is 31.9 Å². The van der Waals surface area contributed by atoms with Crippen molar-refractivity contribution in [2.75, 3.05) is 37.7 Å². The molecule has 0 radical (unpaired) electrons. The average Bonchev–Trinajstić information content (AvgIpc) is 3.38. The van der Waals surface area contributed by atoms with E-state index in [1.165, 1.54) is 6.26 Å². The molecule has 7 nitrogen and oxygen atoms in total. The first-order valence-corrected chi connectivity index (χ1v) is 10.5. The van der Waals surface area contributed by atoms with Crippen LogP contribution in [0.2, 0.25) is 0 Å². The highest BCUT2D eigenvalue weighted by Crippen LogP contribution is 2.30. The summed E-state index contributed by atoms with van der Waals surface area (Å²) in [6, 6.07) is 3.40. The number of likely N-dealkylation sites (tertiary alicyclic amines) is 1. The smallest absolute Gasteiger partial charge is 0.289 e. The summed E-state index contributed by atoms with van der Waals surface area (Å²) in [5.41, 5.74) is 0.436. The number of thioether (sulfide) groups is 1. The number of furan rings is 1. The lowest BCUT2D eigenvalue weighted by molar-refractivity contribution is 0.0673. The second kappa shape index (κ2) is 7.80. The molecule has 4 heterocycles. The van der Waals surface area contributed by atoms with Crippen LogP contribution in [0.15, 0.2) is 27.2 Å². The van der Waals surface area contributed by atoms with Gasteiger partial charge in [-0.2, -0.15) is 11.8 Å². The lowest BCUT2D eigenvalue weighted by Gasteiger charge is -2.30. The van der Waals surface area contributed by atoms with Crippen molar-refractivity contribution < 1.29 is 18.4 Å². The molecular weight excluding hydrogens is 366 g/mol. The van der Waals surface area contributed by atoms with Crippen LogP contribution in [-0.4, -0.2) is 64.3 Å². The van der Waals surface area contributed by atoms with Crippen LogP contribution in [0.1, 0.15) is 51.5 Å². The van der Waals surface area contributed by atoms with Crippen LogP contribution in [0.4, 0.5) is 0 Å². The second-order valence-electron chi connectivity index (χ2n) is 6.91. The predicted molar refractivity (Wildman–Crippen MR) is 101 cm³/mol. The normalized spacial score (nSPS) is 18.7. The fraction of sp³-hybridized carbons (Fsp3) is 0.526. The quantitative estimate of drug-likeness (QED) is 0.803. The van der Waals surface area contributed by atoms with Crippen LogP contribution in [0, 0.1) is 6.92 Å². The molecule has 0 aromatic carbocycles. The maximum absolute atomic E-state index is 12.7. The molecule has 0 saturated carbocycles. The highest BCUT2D eigenvalue weighted by atomic mass is 32.2. The number of aromatic nitrogens is 1. The molecule has 0 N–H and O–H groups in total. The first-order valence-electron chi connectivity index (χ1n) is 9.30. The molecule has 2 aliphatic heterocycles. The van der Waals surface area contributed by atoms with E-state index in [4.69, 9.17) is 8.83 Å². The number of hydrogen-bond acceptors (Lipinski definition) is 6. The Morgan fingerprint density at radius 1 is 1.11 bits per heavy atom. The van der Waals surface area contributed by atoms with Gasteiger partial charge < -0.3 is 18.6 Å². The molecule has 0 unspecified atom stereocenters. The van der Waals surface area contributed by atoms with Gasteiger partial charge in [-0.25, -0.2) is 4.98 Å². The van der Waals surface area contributed by atoms with E-state index in [0.717, 1.165) is 37.4 Å². The third-order valence-corrected chi connectivity index (χ3v) is 6.12. The first kappa shape index (κ1) is 18.2. The Balaban J connectivity index is 1.40. The van der Waals surface area contributed by atoms with Gasteiger partial charge in [-0.3, -0.25) is 9.59 Å². The minimum atomic E-state index is -0.0825. The van der Waals surface area contributed by atoms with E-state index in [0.29, 0.717) is 36.2 Å². The molecule has 4 rings (SSSR count). The van der Waals surface area contributed by atoms with E-state index >= 15 is 0 Å². The van der Waals surface area contributed by atoms with Gasteiger partial charge >= 0.3 is 0 Å². The van der Waals surface area contributed by atoms with Crippen molar-refractivity contribution >= 4 is 23.6 Å². The number of amides is 2. The fourth-order valence-electron chi connectivity index (χ4n) is 3.59. The van der Waals surface area contributed by atoms with Gasteiger partial charge in [0.1, 0.15) is 5.76 Å². The maximum atomic E-state index is 12.7. The first-order chi connectivity index (χ1) is 13.1. The van der Waals surface area contributed by atoms with Crippen LogP contribution in [0.5, 0.6) is 0 Å². The highest BCUT2D eigenvalue weighted by Gasteiger charge is 2.31. The summed E-state index contributed by atoms with van der Waals surface area (Å²) in [5.74, 6) is 3.52. The summed E-state index contributed by atoms with van der Waals surface area (Å²) >= 11 is 1.87. The van der Waals surface area contributed by atoms with E-state index in [9.17, 15) is 9.59 Å². The van der Waals surface area contributed by atoms with Gasteiger partial charge in [0.25, 0.3) is 11.8 Å². The van der Waals surface area contributed by atoms with Crippen LogP contribution in [0.25, 0.3) is 0 Å². The highest BCUT2D eigenvalue weighted by molar-refractivity contribution is 7.99. The average molecular weight is 389 g/mol. The largest absolute Gasteiger partial charge is 0.459 e. The topological polar surface area (TPSA) is 79.8 Å². The van der Waals surface area contributed by atoms with Crippen molar-refractivity contribution in [3.05, 3.63) is 41.5 Å². The second-order valence-corrected chi connectivity index (χ2v) is 8.13. The van der Waals surface area contributed by atoms with Gasteiger partial charge in [0.15, 0.2) is 17.3 Å². The van der Waals surface area contributed by atoms with Crippen LogP contribution >= 0.6 is 11.8 Å². The molecule has 2 fully saturated rings. The Bertz CT molecular complexity index is 803. The predicted octanol–water partition coefficient (Wildman–Crippen LogP) is 2.78. The Labute approximate surface area is 162 Å². The number of piperidine rings is 1. The van der Waals surface area contributed by atoms with Crippen molar-refractivity contribution in [1.82, 2.24) is 14.8 Å². The Kier molecular flexibility index (Phi) is 5.24.